The summed E-state index contributed by atoms with van der Waals surface area (Å²) in [6.07, 6.45) is 5.91. The lowest BCUT2D eigenvalue weighted by Gasteiger charge is -2.43. The highest BCUT2D eigenvalue weighted by Gasteiger charge is 2.73. The molecule has 1 aromatic heterocycles. The van der Waals surface area contributed by atoms with E-state index in [1.165, 1.54) is 0 Å². The van der Waals surface area contributed by atoms with Gasteiger partial charge in [-0.25, -0.2) is 0 Å². The van der Waals surface area contributed by atoms with Gasteiger partial charge in [-0.2, -0.15) is 0 Å². The number of amides is 1. The molecule has 0 radical (unpaired) electrons. The minimum atomic E-state index is -0.734. The van der Waals surface area contributed by atoms with Crippen LogP contribution in [0.2, 0.25) is 0 Å². The summed E-state index contributed by atoms with van der Waals surface area (Å²) in [4.78, 5) is 28.6. The zero-order valence-electron chi connectivity index (χ0n) is 15.5. The summed E-state index contributed by atoms with van der Waals surface area (Å²) in [6, 6.07) is 13.1. The van der Waals surface area contributed by atoms with E-state index in [-0.39, 0.29) is 47.6 Å². The topological polar surface area (TPSA) is 59.8 Å². The number of furan rings is 1. The molecular weight excluding hydrogens is 354 g/mol. The Morgan fingerprint density at radius 2 is 1.93 bits per heavy atom. The van der Waals surface area contributed by atoms with Crippen molar-refractivity contribution in [1.29, 1.82) is 0 Å². The predicted octanol–water partition coefficient (Wildman–Crippen LogP) is 3.25. The molecule has 4 aliphatic heterocycles. The average molecular weight is 375 g/mol. The first-order chi connectivity index (χ1) is 13.6. The van der Waals surface area contributed by atoms with E-state index >= 15 is 0 Å². The van der Waals surface area contributed by atoms with Crippen LogP contribution in [0.15, 0.2) is 65.3 Å². The standard InChI is InChI=1S/C23H21NO4/c1-13-16(25)12-15(17-8-5-11-27-17)24-21(13)23-10-9-18(28-23)19(20(23)22(24)26)14-6-3-2-4-7-14/h2-11,13,15,18-21H,12H2,1H3/t13-,15+,18+,19-,20-,21-,23-/m0/s1. The van der Waals surface area contributed by atoms with Gasteiger partial charge in [0.05, 0.1) is 30.4 Å². The molecule has 3 saturated heterocycles. The molecule has 28 heavy (non-hydrogen) atoms. The van der Waals surface area contributed by atoms with Crippen LogP contribution >= 0.6 is 0 Å². The van der Waals surface area contributed by atoms with Crippen molar-refractivity contribution in [2.24, 2.45) is 11.8 Å². The van der Waals surface area contributed by atoms with Crippen LogP contribution in [0.5, 0.6) is 0 Å². The molecule has 5 heterocycles. The number of hydrogen-bond donors (Lipinski definition) is 0. The van der Waals surface area contributed by atoms with E-state index < -0.39 is 5.60 Å². The van der Waals surface area contributed by atoms with Crippen LogP contribution < -0.4 is 0 Å². The Kier molecular flexibility index (Phi) is 3.17. The molecular formula is C23H21NO4. The smallest absolute Gasteiger partial charge is 0.230 e. The number of piperidine rings is 1. The van der Waals surface area contributed by atoms with Crippen LogP contribution in [0.25, 0.3) is 0 Å². The number of ether oxygens (including phenoxy) is 1. The average Bonchev–Trinajstić information content (AvgIpc) is 3.47. The van der Waals surface area contributed by atoms with Crippen molar-refractivity contribution in [3.63, 3.8) is 0 Å². The second-order valence-electron chi connectivity index (χ2n) is 8.39. The first-order valence-corrected chi connectivity index (χ1v) is 9.92. The van der Waals surface area contributed by atoms with Gasteiger partial charge in [0.25, 0.3) is 0 Å². The molecule has 1 aromatic carbocycles. The Labute approximate surface area is 163 Å². The van der Waals surface area contributed by atoms with Gasteiger partial charge in [-0.05, 0) is 17.7 Å². The van der Waals surface area contributed by atoms with Gasteiger partial charge < -0.3 is 14.1 Å². The molecule has 1 amide bonds. The molecule has 142 valence electrons. The zero-order valence-corrected chi connectivity index (χ0v) is 15.5. The number of benzene rings is 1. The Morgan fingerprint density at radius 3 is 2.68 bits per heavy atom. The highest BCUT2D eigenvalue weighted by atomic mass is 16.5. The Bertz CT molecular complexity index is 981. The van der Waals surface area contributed by atoms with Crippen molar-refractivity contribution in [3.05, 3.63) is 72.2 Å². The lowest BCUT2D eigenvalue weighted by molar-refractivity contribution is -0.145. The van der Waals surface area contributed by atoms with Crippen LogP contribution in [0, 0.1) is 11.8 Å². The second-order valence-corrected chi connectivity index (χ2v) is 8.39. The number of carbonyl (C=O) groups excluding carboxylic acids is 2. The third-order valence-electron chi connectivity index (χ3n) is 7.14. The Morgan fingerprint density at radius 1 is 1.11 bits per heavy atom. The Hall–Kier alpha value is -2.66. The van der Waals surface area contributed by atoms with Gasteiger partial charge in [0, 0.05) is 18.3 Å². The molecule has 0 aliphatic carbocycles. The summed E-state index contributed by atoms with van der Waals surface area (Å²) in [7, 11) is 0. The molecule has 6 rings (SSSR count). The SMILES string of the molecule is C[C@H]1C(=O)C[C@H](c2ccco2)N2C(=O)[C@@H]3[C@@H](c4ccccc4)[C@H]4C=C[C@@]3(O4)[C@H]12. The minimum Gasteiger partial charge on any atom is -0.467 e. The third-order valence-corrected chi connectivity index (χ3v) is 7.14. The molecule has 3 fully saturated rings. The fourth-order valence-electron chi connectivity index (χ4n) is 6.02. The van der Waals surface area contributed by atoms with E-state index in [9.17, 15) is 9.59 Å². The van der Waals surface area contributed by atoms with Crippen LogP contribution in [-0.4, -0.2) is 34.3 Å². The number of carbonyl (C=O) groups is 2. The molecule has 0 unspecified atom stereocenters. The van der Waals surface area contributed by atoms with Gasteiger partial charge in [-0.15, -0.1) is 0 Å². The van der Waals surface area contributed by atoms with E-state index in [0.717, 1.165) is 5.56 Å². The van der Waals surface area contributed by atoms with Crippen LogP contribution in [-0.2, 0) is 14.3 Å². The number of nitrogens with zero attached hydrogens (tertiary/aromatic N) is 1. The highest BCUT2D eigenvalue weighted by Crippen LogP contribution is 2.62. The molecule has 0 N–H and O–H groups in total. The molecule has 5 nitrogen and oxygen atoms in total. The van der Waals surface area contributed by atoms with E-state index in [2.05, 4.69) is 24.3 Å². The van der Waals surface area contributed by atoms with Crippen LogP contribution in [0.1, 0.15) is 36.6 Å². The van der Waals surface area contributed by atoms with Crippen molar-refractivity contribution in [2.75, 3.05) is 0 Å². The van der Waals surface area contributed by atoms with Gasteiger partial charge in [0.2, 0.25) is 5.91 Å². The summed E-state index contributed by atoms with van der Waals surface area (Å²) in [5.41, 5.74) is 0.383. The monoisotopic (exact) mass is 375 g/mol. The summed E-state index contributed by atoms with van der Waals surface area (Å²) in [6.45, 7) is 1.93. The molecule has 4 aliphatic rings. The van der Waals surface area contributed by atoms with Crippen molar-refractivity contribution >= 4 is 11.7 Å². The van der Waals surface area contributed by atoms with Crippen molar-refractivity contribution in [1.82, 2.24) is 4.90 Å². The van der Waals surface area contributed by atoms with E-state index in [0.29, 0.717) is 12.2 Å². The number of ketones is 1. The lowest BCUT2D eigenvalue weighted by atomic mass is 9.69. The summed E-state index contributed by atoms with van der Waals surface area (Å²) >= 11 is 0. The maximum atomic E-state index is 13.8. The molecule has 7 atom stereocenters. The van der Waals surface area contributed by atoms with Crippen LogP contribution in [0.4, 0.5) is 0 Å². The number of hydrogen-bond acceptors (Lipinski definition) is 4. The Balaban J connectivity index is 1.50. The third kappa shape index (κ3) is 1.85. The summed E-state index contributed by atoms with van der Waals surface area (Å²) < 4.78 is 12.1. The number of rotatable bonds is 2. The maximum Gasteiger partial charge on any atom is 0.230 e. The van der Waals surface area contributed by atoms with Gasteiger partial charge in [0.1, 0.15) is 17.1 Å². The molecule has 0 saturated carbocycles. The number of fused-ring (bicyclic) bond motifs is 2. The quantitative estimate of drug-likeness (QED) is 0.756. The van der Waals surface area contributed by atoms with E-state index in [1.54, 1.807) is 12.3 Å². The molecule has 2 bridgehead atoms. The largest absolute Gasteiger partial charge is 0.467 e. The van der Waals surface area contributed by atoms with Gasteiger partial charge in [-0.3, -0.25) is 9.59 Å². The van der Waals surface area contributed by atoms with E-state index in [4.69, 9.17) is 9.15 Å². The molecule has 5 heteroatoms. The second kappa shape index (κ2) is 5.45. The molecule has 2 aromatic rings. The number of Topliss-reactive ketones (excluding diaryl/α,β-unsaturated/α-hetero) is 1. The predicted molar refractivity (Wildman–Crippen MR) is 100 cm³/mol. The first kappa shape index (κ1) is 16.3. The normalized spacial score (nSPS) is 40.8. The van der Waals surface area contributed by atoms with Gasteiger partial charge >= 0.3 is 0 Å². The minimum absolute atomic E-state index is 0.0242. The zero-order chi connectivity index (χ0) is 19.0. The highest BCUT2D eigenvalue weighted by molar-refractivity contribution is 5.93. The van der Waals surface area contributed by atoms with Crippen molar-refractivity contribution in [3.8, 4) is 0 Å². The lowest BCUT2D eigenvalue weighted by Crippen LogP contribution is -2.55. The van der Waals surface area contributed by atoms with E-state index in [1.807, 2.05) is 36.1 Å². The summed E-state index contributed by atoms with van der Waals surface area (Å²) in [5.74, 6) is 0.313. The van der Waals surface area contributed by atoms with Crippen LogP contribution in [0.3, 0.4) is 0 Å². The van der Waals surface area contributed by atoms with Gasteiger partial charge in [0.15, 0.2) is 0 Å². The van der Waals surface area contributed by atoms with Crippen molar-refractivity contribution in [2.45, 2.75) is 43.1 Å². The fraction of sp³-hybridized carbons (Fsp3) is 0.391. The first-order valence-electron chi connectivity index (χ1n) is 9.92. The maximum absolute atomic E-state index is 13.8. The summed E-state index contributed by atoms with van der Waals surface area (Å²) in [5, 5.41) is 0. The van der Waals surface area contributed by atoms with Gasteiger partial charge in [-0.1, -0.05) is 49.4 Å². The molecule has 1 spiro atoms. The van der Waals surface area contributed by atoms with Crippen molar-refractivity contribution < 1.29 is 18.7 Å². The fourth-order valence-corrected chi connectivity index (χ4v) is 6.02.